The van der Waals surface area contributed by atoms with E-state index in [0.717, 1.165) is 42.5 Å². The number of carbonyl (C=O) groups is 1. The number of carbonyl (C=O) groups excluding carboxylic acids is 1. The van der Waals surface area contributed by atoms with Crippen LogP contribution in [0.3, 0.4) is 0 Å². The Balaban J connectivity index is 1.19. The maximum Gasteiger partial charge on any atom is 0.434 e. The summed E-state index contributed by atoms with van der Waals surface area (Å²) < 4.78 is 85.9. The molecule has 13 heteroatoms. The Labute approximate surface area is 209 Å². The van der Waals surface area contributed by atoms with Gasteiger partial charge in [0.15, 0.2) is 0 Å². The number of hydrogen-bond acceptors (Lipinski definition) is 5. The summed E-state index contributed by atoms with van der Waals surface area (Å²) in [5, 5.41) is 0.644. The molecule has 6 nitrogen and oxygen atoms in total. The summed E-state index contributed by atoms with van der Waals surface area (Å²) >= 11 is 6.29. The van der Waals surface area contributed by atoms with Gasteiger partial charge in [-0.1, -0.05) is 17.7 Å². The van der Waals surface area contributed by atoms with E-state index >= 15 is 0 Å². The number of ether oxygens (including phenoxy) is 2. The summed E-state index contributed by atoms with van der Waals surface area (Å²) in [5.41, 5.74) is 2.18. The summed E-state index contributed by atoms with van der Waals surface area (Å²) in [4.78, 5) is 17.6. The minimum atomic E-state index is -5.72. The van der Waals surface area contributed by atoms with Crippen molar-refractivity contribution >= 4 is 23.4 Å². The van der Waals surface area contributed by atoms with E-state index in [1.54, 1.807) is 0 Å². The number of fused-ring (bicyclic) bond motifs is 2. The van der Waals surface area contributed by atoms with E-state index in [0.29, 0.717) is 36.5 Å². The minimum absolute atomic E-state index is 0.0492. The predicted molar refractivity (Wildman–Crippen MR) is 118 cm³/mol. The third-order valence-electron chi connectivity index (χ3n) is 7.66. The monoisotopic (exact) mass is 541 g/mol. The van der Waals surface area contributed by atoms with Gasteiger partial charge in [0.1, 0.15) is 0 Å². The van der Waals surface area contributed by atoms with E-state index in [-0.39, 0.29) is 24.9 Å². The molecule has 200 valence electrons. The number of likely N-dealkylation sites (tertiary alicyclic amines) is 2. The third-order valence-corrected chi connectivity index (χ3v) is 7.89. The van der Waals surface area contributed by atoms with Crippen LogP contribution in [0.15, 0.2) is 18.2 Å². The van der Waals surface area contributed by atoms with Crippen molar-refractivity contribution in [1.29, 1.82) is 0 Å². The average Bonchev–Trinajstić information content (AvgIpc) is 3.51. The fraction of sp³-hybridized carbons (Fsp3) is 0.696. The maximum absolute atomic E-state index is 12.7. The molecule has 36 heavy (non-hydrogen) atoms. The highest BCUT2D eigenvalue weighted by atomic mass is 35.5. The third kappa shape index (κ3) is 5.22. The van der Waals surface area contributed by atoms with E-state index in [9.17, 15) is 31.1 Å². The lowest BCUT2D eigenvalue weighted by Crippen LogP contribution is -2.48. The number of rotatable bonds is 4. The van der Waals surface area contributed by atoms with E-state index in [1.807, 2.05) is 18.2 Å². The fourth-order valence-electron chi connectivity index (χ4n) is 5.95. The van der Waals surface area contributed by atoms with Gasteiger partial charge in [-0.05, 0) is 29.5 Å². The number of amides is 1. The van der Waals surface area contributed by atoms with Crippen LogP contribution in [0.5, 0.6) is 0 Å². The molecule has 0 aliphatic carbocycles. The van der Waals surface area contributed by atoms with Crippen molar-refractivity contribution in [3.05, 3.63) is 28.8 Å². The molecule has 1 aromatic rings. The smallest absolute Gasteiger partial charge is 0.426 e. The lowest BCUT2D eigenvalue weighted by atomic mass is 10.0. The van der Waals surface area contributed by atoms with Crippen LogP contribution in [-0.4, -0.2) is 86.8 Å². The second kappa shape index (κ2) is 9.43. The molecule has 1 aromatic carbocycles. The quantitative estimate of drug-likeness (QED) is 0.528. The summed E-state index contributed by atoms with van der Waals surface area (Å²) in [7, 11) is 0. The van der Waals surface area contributed by atoms with Crippen LogP contribution < -0.4 is 4.90 Å². The average molecular weight is 542 g/mol. The van der Waals surface area contributed by atoms with E-state index < -0.39 is 24.5 Å². The van der Waals surface area contributed by atoms with Gasteiger partial charge in [0, 0.05) is 68.4 Å². The SMILES string of the molecule is O=C(OC(C(F)(F)F)C(F)(F)F)N1CC2CN(Cc3ccc(Cl)cc3N3CC4COCC4C3)CC2C1. The second-order valence-electron chi connectivity index (χ2n) is 10.2. The number of nitrogens with zero attached hydrogens (tertiary/aromatic N) is 3. The zero-order valence-corrected chi connectivity index (χ0v) is 20.0. The second-order valence-corrected chi connectivity index (χ2v) is 10.6. The Kier molecular flexibility index (Phi) is 6.74. The van der Waals surface area contributed by atoms with Crippen LogP contribution >= 0.6 is 11.6 Å². The Morgan fingerprint density at radius 3 is 2.08 bits per heavy atom. The van der Waals surface area contributed by atoms with E-state index in [4.69, 9.17) is 16.3 Å². The normalized spacial score (nSPS) is 28.8. The first-order chi connectivity index (χ1) is 16.9. The molecular formula is C23H26ClF6N3O3. The first-order valence-corrected chi connectivity index (χ1v) is 12.2. The van der Waals surface area contributed by atoms with Crippen molar-refractivity contribution in [3.8, 4) is 0 Å². The molecule has 0 bridgehead atoms. The molecule has 4 fully saturated rings. The molecule has 0 saturated carbocycles. The van der Waals surface area contributed by atoms with Gasteiger partial charge in [-0.3, -0.25) is 4.90 Å². The van der Waals surface area contributed by atoms with E-state index in [2.05, 4.69) is 14.5 Å². The first-order valence-electron chi connectivity index (χ1n) is 11.8. The van der Waals surface area contributed by atoms with Gasteiger partial charge in [-0.2, -0.15) is 26.3 Å². The Bertz CT molecular complexity index is 953. The van der Waals surface area contributed by atoms with Crippen molar-refractivity contribution in [1.82, 2.24) is 9.80 Å². The van der Waals surface area contributed by atoms with Crippen molar-refractivity contribution in [2.24, 2.45) is 23.7 Å². The van der Waals surface area contributed by atoms with Crippen LogP contribution in [0.25, 0.3) is 0 Å². The van der Waals surface area contributed by atoms with Gasteiger partial charge in [-0.15, -0.1) is 0 Å². The molecule has 5 rings (SSSR count). The van der Waals surface area contributed by atoms with Crippen molar-refractivity contribution in [2.75, 3.05) is 57.4 Å². The van der Waals surface area contributed by atoms with E-state index in [1.165, 1.54) is 0 Å². The molecule has 4 saturated heterocycles. The molecule has 0 N–H and O–H groups in total. The minimum Gasteiger partial charge on any atom is -0.426 e. The van der Waals surface area contributed by atoms with Crippen molar-refractivity contribution in [3.63, 3.8) is 0 Å². The van der Waals surface area contributed by atoms with Crippen molar-refractivity contribution in [2.45, 2.75) is 25.0 Å². The molecule has 0 spiro atoms. The summed E-state index contributed by atoms with van der Waals surface area (Å²) in [6.45, 7) is 5.24. The molecule has 0 aromatic heterocycles. The Morgan fingerprint density at radius 2 is 1.53 bits per heavy atom. The molecular weight excluding hydrogens is 516 g/mol. The van der Waals surface area contributed by atoms with Gasteiger partial charge >= 0.3 is 18.4 Å². The highest BCUT2D eigenvalue weighted by Gasteiger charge is 2.60. The van der Waals surface area contributed by atoms with Crippen LogP contribution in [0, 0.1) is 23.7 Å². The number of hydrogen-bond donors (Lipinski definition) is 0. The van der Waals surface area contributed by atoms with Crippen LogP contribution in [0.1, 0.15) is 5.56 Å². The maximum atomic E-state index is 12.7. The van der Waals surface area contributed by atoms with Crippen LogP contribution in [0.2, 0.25) is 5.02 Å². The van der Waals surface area contributed by atoms with Gasteiger partial charge in [0.05, 0.1) is 13.2 Å². The zero-order valence-electron chi connectivity index (χ0n) is 19.2. The first kappa shape index (κ1) is 25.7. The Morgan fingerprint density at radius 1 is 0.944 bits per heavy atom. The van der Waals surface area contributed by atoms with Gasteiger partial charge < -0.3 is 19.3 Å². The Hall–Kier alpha value is -1.92. The number of alkyl halides is 6. The lowest BCUT2D eigenvalue weighted by Gasteiger charge is -2.27. The molecule has 4 heterocycles. The number of anilines is 1. The van der Waals surface area contributed by atoms with Crippen molar-refractivity contribution < 1.29 is 40.6 Å². The largest absolute Gasteiger partial charge is 0.434 e. The van der Waals surface area contributed by atoms with Gasteiger partial charge in [-0.25, -0.2) is 4.79 Å². The predicted octanol–water partition coefficient (Wildman–Crippen LogP) is 4.42. The fourth-order valence-corrected chi connectivity index (χ4v) is 6.12. The van der Waals surface area contributed by atoms with Crippen LogP contribution in [-0.2, 0) is 16.0 Å². The summed E-state index contributed by atoms with van der Waals surface area (Å²) in [6.07, 6.45) is -17.2. The molecule has 1 amide bonds. The topological polar surface area (TPSA) is 45.2 Å². The highest BCUT2D eigenvalue weighted by Crippen LogP contribution is 2.39. The van der Waals surface area contributed by atoms with Crippen LogP contribution in [0.4, 0.5) is 36.8 Å². The molecule has 4 aliphatic rings. The van der Waals surface area contributed by atoms with Gasteiger partial charge in [0.25, 0.3) is 6.10 Å². The standard InChI is InChI=1S/C23H26ClF6N3O3/c24-18-2-1-13(19(3-18)32-9-16-11-35-12-17(16)10-32)4-31-5-14-7-33(8-15(14)6-31)21(34)36-20(22(25,26)27)23(28,29)30/h1-3,14-17,20H,4-12H2. The highest BCUT2D eigenvalue weighted by molar-refractivity contribution is 6.30. The number of halogens is 7. The lowest BCUT2D eigenvalue weighted by molar-refractivity contribution is -0.308. The molecule has 4 atom stereocenters. The molecule has 0 radical (unpaired) electrons. The summed E-state index contributed by atoms with van der Waals surface area (Å²) in [5.74, 6) is 0.907. The zero-order chi connectivity index (χ0) is 25.8. The molecule has 4 unspecified atom stereocenters. The summed E-state index contributed by atoms with van der Waals surface area (Å²) in [6, 6.07) is 5.80. The number of benzene rings is 1. The molecule has 4 aliphatic heterocycles. The van der Waals surface area contributed by atoms with Gasteiger partial charge in [0.2, 0.25) is 0 Å².